The zero-order chi connectivity index (χ0) is 6.32. The van der Waals surface area contributed by atoms with Crippen molar-refractivity contribution in [1.82, 2.24) is 0 Å². The van der Waals surface area contributed by atoms with Crippen LogP contribution in [0.1, 0.15) is 25.7 Å². The summed E-state index contributed by atoms with van der Waals surface area (Å²) in [4.78, 5) is 0. The first-order valence-corrected chi connectivity index (χ1v) is 3.84. The number of rotatable bonds is 0. The Bertz CT molecular complexity index is 146. The SMILES string of the molecule is [CH2]C12C=CCCC1CC2. The summed E-state index contributed by atoms with van der Waals surface area (Å²) in [6.07, 6.45) is 10.1. The van der Waals surface area contributed by atoms with Crippen molar-refractivity contribution in [2.75, 3.05) is 0 Å². The second kappa shape index (κ2) is 1.62. The third kappa shape index (κ3) is 0.654. The Morgan fingerprint density at radius 2 is 2.33 bits per heavy atom. The smallest absolute Gasteiger partial charge is 0.00894 e. The maximum atomic E-state index is 4.21. The highest BCUT2D eigenvalue weighted by atomic mass is 14.5. The molecule has 0 aliphatic heterocycles. The van der Waals surface area contributed by atoms with Gasteiger partial charge in [0.1, 0.15) is 0 Å². The van der Waals surface area contributed by atoms with Crippen LogP contribution in [0.2, 0.25) is 0 Å². The Morgan fingerprint density at radius 1 is 1.44 bits per heavy atom. The van der Waals surface area contributed by atoms with Gasteiger partial charge >= 0.3 is 0 Å². The first-order valence-electron chi connectivity index (χ1n) is 3.84. The van der Waals surface area contributed by atoms with Gasteiger partial charge < -0.3 is 0 Å². The molecule has 0 aromatic rings. The van der Waals surface area contributed by atoms with Crippen LogP contribution in [-0.2, 0) is 0 Å². The maximum Gasteiger partial charge on any atom is -0.00894 e. The van der Waals surface area contributed by atoms with Gasteiger partial charge in [0.2, 0.25) is 0 Å². The van der Waals surface area contributed by atoms with Gasteiger partial charge in [0, 0.05) is 0 Å². The van der Waals surface area contributed by atoms with Gasteiger partial charge in [-0.05, 0) is 43.9 Å². The summed E-state index contributed by atoms with van der Waals surface area (Å²) in [5.74, 6) is 0.933. The van der Waals surface area contributed by atoms with E-state index in [1.54, 1.807) is 0 Å². The van der Waals surface area contributed by atoms with Crippen molar-refractivity contribution in [3.05, 3.63) is 19.1 Å². The van der Waals surface area contributed by atoms with Crippen molar-refractivity contribution in [3.8, 4) is 0 Å². The predicted molar refractivity (Wildman–Crippen MR) is 38.9 cm³/mol. The molecule has 0 amide bonds. The minimum atomic E-state index is 0.387. The average Bonchev–Trinajstić information content (AvgIpc) is 1.82. The third-order valence-corrected chi connectivity index (χ3v) is 2.90. The second-order valence-electron chi connectivity index (χ2n) is 3.45. The Labute approximate surface area is 57.0 Å². The highest BCUT2D eigenvalue weighted by Gasteiger charge is 2.41. The number of fused-ring (bicyclic) bond motifs is 1. The molecule has 0 nitrogen and oxygen atoms in total. The van der Waals surface area contributed by atoms with E-state index in [1.165, 1.54) is 25.7 Å². The maximum absolute atomic E-state index is 4.21. The first kappa shape index (κ1) is 5.52. The molecule has 0 saturated heterocycles. The molecule has 2 aliphatic carbocycles. The fraction of sp³-hybridized carbons (Fsp3) is 0.667. The lowest BCUT2D eigenvalue weighted by atomic mass is 9.58. The van der Waals surface area contributed by atoms with E-state index in [-0.39, 0.29) is 0 Å². The van der Waals surface area contributed by atoms with Crippen molar-refractivity contribution in [1.29, 1.82) is 0 Å². The van der Waals surface area contributed by atoms with E-state index in [2.05, 4.69) is 19.1 Å². The van der Waals surface area contributed by atoms with Crippen LogP contribution in [0.5, 0.6) is 0 Å². The topological polar surface area (TPSA) is 0 Å². The van der Waals surface area contributed by atoms with Crippen molar-refractivity contribution < 1.29 is 0 Å². The minimum absolute atomic E-state index is 0.387. The van der Waals surface area contributed by atoms with Crippen LogP contribution in [-0.4, -0.2) is 0 Å². The standard InChI is InChI=1S/C9H13/c1-9-6-3-2-4-8(9)5-7-9/h3,6,8H,1-2,4-5,7H2. The van der Waals surface area contributed by atoms with Gasteiger partial charge in [0.15, 0.2) is 0 Å². The van der Waals surface area contributed by atoms with Crippen LogP contribution in [0.3, 0.4) is 0 Å². The van der Waals surface area contributed by atoms with Crippen molar-refractivity contribution in [2.24, 2.45) is 11.3 Å². The normalized spacial score (nSPS) is 47.9. The molecule has 0 heterocycles. The van der Waals surface area contributed by atoms with E-state index in [4.69, 9.17) is 0 Å². The molecule has 0 aromatic heterocycles. The largest absolute Gasteiger partial charge is 0.0880 e. The first-order chi connectivity index (χ1) is 4.31. The molecule has 9 heavy (non-hydrogen) atoms. The molecular weight excluding hydrogens is 108 g/mol. The molecule has 0 bridgehead atoms. The van der Waals surface area contributed by atoms with E-state index in [0.717, 1.165) is 5.92 Å². The molecule has 1 fully saturated rings. The molecule has 0 heteroatoms. The molecule has 49 valence electrons. The van der Waals surface area contributed by atoms with E-state index in [9.17, 15) is 0 Å². The molecule has 2 atom stereocenters. The summed E-state index contributed by atoms with van der Waals surface area (Å²) in [5, 5.41) is 0. The quantitative estimate of drug-likeness (QED) is 0.432. The molecule has 2 aliphatic rings. The number of hydrogen-bond donors (Lipinski definition) is 0. The average molecular weight is 121 g/mol. The lowest BCUT2D eigenvalue weighted by Crippen LogP contribution is -2.37. The molecule has 0 N–H and O–H groups in total. The Balaban J connectivity index is 2.20. The summed E-state index contributed by atoms with van der Waals surface area (Å²) >= 11 is 0. The van der Waals surface area contributed by atoms with Crippen LogP contribution in [0.4, 0.5) is 0 Å². The summed E-state index contributed by atoms with van der Waals surface area (Å²) in [7, 11) is 0. The van der Waals surface area contributed by atoms with Gasteiger partial charge in [0.05, 0.1) is 0 Å². The molecule has 2 unspecified atom stereocenters. The Morgan fingerprint density at radius 3 is 2.67 bits per heavy atom. The van der Waals surface area contributed by atoms with Crippen LogP contribution in [0.15, 0.2) is 12.2 Å². The highest BCUT2D eigenvalue weighted by Crippen LogP contribution is 2.51. The Kier molecular flexibility index (Phi) is 0.992. The van der Waals surface area contributed by atoms with Crippen LogP contribution >= 0.6 is 0 Å². The van der Waals surface area contributed by atoms with Gasteiger partial charge in [-0.25, -0.2) is 0 Å². The zero-order valence-electron chi connectivity index (χ0n) is 5.77. The summed E-state index contributed by atoms with van der Waals surface area (Å²) < 4.78 is 0. The summed E-state index contributed by atoms with van der Waals surface area (Å²) in [6.45, 7) is 4.21. The Hall–Kier alpha value is -0.260. The monoisotopic (exact) mass is 121 g/mol. The predicted octanol–water partition coefficient (Wildman–Crippen LogP) is 2.57. The van der Waals surface area contributed by atoms with Crippen molar-refractivity contribution in [2.45, 2.75) is 25.7 Å². The van der Waals surface area contributed by atoms with Crippen LogP contribution < -0.4 is 0 Å². The lowest BCUT2D eigenvalue weighted by Gasteiger charge is -2.47. The van der Waals surface area contributed by atoms with Gasteiger partial charge in [-0.3, -0.25) is 0 Å². The summed E-state index contributed by atoms with van der Waals surface area (Å²) in [5.41, 5.74) is 0.387. The minimum Gasteiger partial charge on any atom is -0.0880 e. The van der Waals surface area contributed by atoms with Crippen molar-refractivity contribution in [3.63, 3.8) is 0 Å². The lowest BCUT2D eigenvalue weighted by molar-refractivity contribution is 0.118. The second-order valence-corrected chi connectivity index (χ2v) is 3.45. The summed E-state index contributed by atoms with van der Waals surface area (Å²) in [6, 6.07) is 0. The highest BCUT2D eigenvalue weighted by molar-refractivity contribution is 5.14. The van der Waals surface area contributed by atoms with E-state index >= 15 is 0 Å². The van der Waals surface area contributed by atoms with Gasteiger partial charge in [0.25, 0.3) is 0 Å². The van der Waals surface area contributed by atoms with E-state index in [1.807, 2.05) is 0 Å². The number of allylic oxidation sites excluding steroid dienone is 2. The van der Waals surface area contributed by atoms with E-state index in [0.29, 0.717) is 5.41 Å². The third-order valence-electron chi connectivity index (χ3n) is 2.90. The molecule has 1 saturated carbocycles. The molecular formula is C9H13. The zero-order valence-corrected chi connectivity index (χ0v) is 5.77. The van der Waals surface area contributed by atoms with Gasteiger partial charge in [-0.15, -0.1) is 0 Å². The van der Waals surface area contributed by atoms with Crippen molar-refractivity contribution >= 4 is 0 Å². The number of hydrogen-bond acceptors (Lipinski definition) is 0. The molecule has 1 radical (unpaired) electrons. The van der Waals surface area contributed by atoms with E-state index < -0.39 is 0 Å². The fourth-order valence-corrected chi connectivity index (χ4v) is 1.99. The van der Waals surface area contributed by atoms with Gasteiger partial charge in [-0.1, -0.05) is 12.2 Å². The molecule has 0 spiro atoms. The molecule has 0 aromatic carbocycles. The molecule has 2 rings (SSSR count). The van der Waals surface area contributed by atoms with Crippen LogP contribution in [0, 0.1) is 18.3 Å². The van der Waals surface area contributed by atoms with Gasteiger partial charge in [-0.2, -0.15) is 0 Å². The fourth-order valence-electron chi connectivity index (χ4n) is 1.99. The van der Waals surface area contributed by atoms with Crippen LogP contribution in [0.25, 0.3) is 0 Å².